The summed E-state index contributed by atoms with van der Waals surface area (Å²) in [5.74, 6) is 0.557. The van der Waals surface area contributed by atoms with Crippen LogP contribution < -0.4 is 10.6 Å². The highest BCUT2D eigenvalue weighted by Crippen LogP contribution is 2.30. The van der Waals surface area contributed by atoms with E-state index in [9.17, 15) is 4.39 Å². The molecule has 6 heteroatoms. The van der Waals surface area contributed by atoms with E-state index in [1.54, 1.807) is 6.20 Å². The van der Waals surface area contributed by atoms with Crippen molar-refractivity contribution < 1.29 is 4.39 Å². The van der Waals surface area contributed by atoms with Gasteiger partial charge in [-0.1, -0.05) is 18.2 Å². The lowest BCUT2D eigenvalue weighted by Gasteiger charge is -2.24. The van der Waals surface area contributed by atoms with E-state index in [1.165, 1.54) is 0 Å². The Hall–Kier alpha value is -2.47. The number of piperidine rings is 1. The Labute approximate surface area is 139 Å². The SMILES string of the molecule is FCc1cnc(N[C@H]2CCCNC2)nc1-c1c[nH]c2ccccc12. The summed E-state index contributed by atoms with van der Waals surface area (Å²) in [5, 5.41) is 7.76. The second kappa shape index (κ2) is 6.57. The summed E-state index contributed by atoms with van der Waals surface area (Å²) in [7, 11) is 0. The third-order valence-corrected chi connectivity index (χ3v) is 4.48. The van der Waals surface area contributed by atoms with Gasteiger partial charge in [0.2, 0.25) is 5.95 Å². The third-order valence-electron chi connectivity index (χ3n) is 4.48. The Bertz CT molecular complexity index is 838. The summed E-state index contributed by atoms with van der Waals surface area (Å²) >= 11 is 0. The van der Waals surface area contributed by atoms with Gasteiger partial charge in [0.15, 0.2) is 0 Å². The zero-order chi connectivity index (χ0) is 16.4. The van der Waals surface area contributed by atoms with Crippen LogP contribution in [0.4, 0.5) is 10.3 Å². The van der Waals surface area contributed by atoms with E-state index in [2.05, 4.69) is 25.6 Å². The first-order valence-electron chi connectivity index (χ1n) is 8.31. The van der Waals surface area contributed by atoms with Crippen molar-refractivity contribution >= 4 is 16.9 Å². The van der Waals surface area contributed by atoms with E-state index in [0.29, 0.717) is 23.2 Å². The van der Waals surface area contributed by atoms with Gasteiger partial charge in [-0.3, -0.25) is 0 Å². The molecule has 5 nitrogen and oxygen atoms in total. The van der Waals surface area contributed by atoms with Gasteiger partial charge in [-0.2, -0.15) is 0 Å². The van der Waals surface area contributed by atoms with Crippen LogP contribution in [0.25, 0.3) is 22.2 Å². The number of nitrogens with zero attached hydrogens (tertiary/aromatic N) is 2. The monoisotopic (exact) mass is 325 g/mol. The number of aromatic amines is 1. The van der Waals surface area contributed by atoms with E-state index in [4.69, 9.17) is 0 Å². The molecule has 1 saturated heterocycles. The fourth-order valence-electron chi connectivity index (χ4n) is 3.23. The Morgan fingerprint density at radius 2 is 2.21 bits per heavy atom. The summed E-state index contributed by atoms with van der Waals surface area (Å²) in [6.45, 7) is 1.37. The fourth-order valence-corrected chi connectivity index (χ4v) is 3.23. The largest absolute Gasteiger partial charge is 0.360 e. The molecule has 0 aliphatic carbocycles. The quantitative estimate of drug-likeness (QED) is 0.689. The van der Waals surface area contributed by atoms with E-state index in [-0.39, 0.29) is 0 Å². The lowest BCUT2D eigenvalue weighted by atomic mass is 10.1. The Morgan fingerprint density at radius 3 is 3.04 bits per heavy atom. The average Bonchev–Trinajstić information content (AvgIpc) is 3.06. The molecule has 24 heavy (non-hydrogen) atoms. The number of aromatic nitrogens is 3. The molecule has 0 spiro atoms. The van der Waals surface area contributed by atoms with Crippen molar-refractivity contribution in [3.63, 3.8) is 0 Å². The zero-order valence-corrected chi connectivity index (χ0v) is 13.3. The average molecular weight is 325 g/mol. The number of hydrogen-bond donors (Lipinski definition) is 3. The second-order valence-electron chi connectivity index (χ2n) is 6.14. The molecule has 1 aliphatic heterocycles. The minimum atomic E-state index is -0.583. The molecule has 2 aromatic heterocycles. The van der Waals surface area contributed by atoms with Crippen LogP contribution in [0.5, 0.6) is 0 Å². The smallest absolute Gasteiger partial charge is 0.223 e. The van der Waals surface area contributed by atoms with Gasteiger partial charge < -0.3 is 15.6 Å². The van der Waals surface area contributed by atoms with Crippen LogP contribution in [0.3, 0.4) is 0 Å². The van der Waals surface area contributed by atoms with Gasteiger partial charge in [0.25, 0.3) is 0 Å². The molecule has 0 saturated carbocycles. The van der Waals surface area contributed by atoms with Gasteiger partial charge in [-0.15, -0.1) is 0 Å². The van der Waals surface area contributed by atoms with Gasteiger partial charge in [0, 0.05) is 47.0 Å². The molecule has 124 valence electrons. The van der Waals surface area contributed by atoms with Gasteiger partial charge >= 0.3 is 0 Å². The molecule has 1 fully saturated rings. The highest BCUT2D eigenvalue weighted by molar-refractivity contribution is 5.95. The number of anilines is 1. The molecular formula is C18H20FN5. The van der Waals surface area contributed by atoms with E-state index >= 15 is 0 Å². The lowest BCUT2D eigenvalue weighted by molar-refractivity contribution is 0.476. The van der Waals surface area contributed by atoms with Crippen molar-refractivity contribution in [3.05, 3.63) is 42.2 Å². The normalized spacial score (nSPS) is 18.0. The first kappa shape index (κ1) is 15.1. The Kier molecular flexibility index (Phi) is 4.13. The molecule has 3 aromatic rings. The van der Waals surface area contributed by atoms with Gasteiger partial charge in [-0.05, 0) is 25.5 Å². The van der Waals surface area contributed by atoms with E-state index in [1.807, 2.05) is 30.5 Å². The molecule has 0 amide bonds. The molecule has 0 bridgehead atoms. The molecule has 1 atom stereocenters. The van der Waals surface area contributed by atoms with Crippen molar-refractivity contribution in [2.24, 2.45) is 0 Å². The summed E-state index contributed by atoms with van der Waals surface area (Å²) in [6.07, 6.45) is 5.69. The predicted octanol–water partition coefficient (Wildman–Crippen LogP) is 3.26. The molecule has 1 aromatic carbocycles. The number of hydrogen-bond acceptors (Lipinski definition) is 4. The van der Waals surface area contributed by atoms with Crippen LogP contribution in [0.2, 0.25) is 0 Å². The van der Waals surface area contributed by atoms with E-state index < -0.39 is 6.67 Å². The van der Waals surface area contributed by atoms with Gasteiger partial charge in [0.05, 0.1) is 5.69 Å². The van der Waals surface area contributed by atoms with Crippen molar-refractivity contribution in [2.75, 3.05) is 18.4 Å². The van der Waals surface area contributed by atoms with E-state index in [0.717, 1.165) is 42.4 Å². The highest BCUT2D eigenvalue weighted by atomic mass is 19.1. The molecule has 0 radical (unpaired) electrons. The standard InChI is InChI=1S/C18H20FN5/c19-8-12-9-22-18(23-13-4-3-7-20-10-13)24-17(12)15-11-21-16-6-2-1-5-14(15)16/h1-2,5-6,9,11,13,20-21H,3-4,7-8,10H2,(H,22,23,24)/t13-/m0/s1. The highest BCUT2D eigenvalue weighted by Gasteiger charge is 2.17. The molecular weight excluding hydrogens is 305 g/mol. The summed E-state index contributed by atoms with van der Waals surface area (Å²) < 4.78 is 13.4. The Balaban J connectivity index is 1.71. The minimum Gasteiger partial charge on any atom is -0.360 e. The summed E-state index contributed by atoms with van der Waals surface area (Å²) in [5.41, 5.74) is 3.08. The van der Waals surface area contributed by atoms with Crippen LogP contribution >= 0.6 is 0 Å². The fraction of sp³-hybridized carbons (Fsp3) is 0.333. The van der Waals surface area contributed by atoms with Crippen molar-refractivity contribution in [3.8, 4) is 11.3 Å². The summed E-state index contributed by atoms with van der Waals surface area (Å²) in [4.78, 5) is 12.1. The van der Waals surface area contributed by atoms with Crippen LogP contribution in [0, 0.1) is 0 Å². The maximum Gasteiger partial charge on any atom is 0.223 e. The number of halogens is 1. The Morgan fingerprint density at radius 1 is 1.29 bits per heavy atom. The number of alkyl halides is 1. The maximum atomic E-state index is 13.4. The van der Waals surface area contributed by atoms with Crippen LogP contribution in [-0.4, -0.2) is 34.1 Å². The second-order valence-corrected chi connectivity index (χ2v) is 6.14. The van der Waals surface area contributed by atoms with Crippen LogP contribution in [0.1, 0.15) is 18.4 Å². The molecule has 4 rings (SSSR count). The van der Waals surface area contributed by atoms with Crippen LogP contribution in [-0.2, 0) is 6.67 Å². The zero-order valence-electron chi connectivity index (χ0n) is 13.3. The predicted molar refractivity (Wildman–Crippen MR) is 93.7 cm³/mol. The summed E-state index contributed by atoms with van der Waals surface area (Å²) in [6, 6.07) is 8.28. The lowest BCUT2D eigenvalue weighted by Crippen LogP contribution is -2.38. The number of H-pyrrole nitrogens is 1. The van der Waals surface area contributed by atoms with Crippen LogP contribution in [0.15, 0.2) is 36.7 Å². The number of fused-ring (bicyclic) bond motifs is 1. The molecule has 3 heterocycles. The number of nitrogens with one attached hydrogen (secondary N) is 3. The van der Waals surface area contributed by atoms with Gasteiger partial charge in [-0.25, -0.2) is 14.4 Å². The minimum absolute atomic E-state index is 0.311. The van der Waals surface area contributed by atoms with Crippen molar-refractivity contribution in [2.45, 2.75) is 25.6 Å². The van der Waals surface area contributed by atoms with Crippen molar-refractivity contribution in [1.29, 1.82) is 0 Å². The molecule has 1 aliphatic rings. The first-order valence-corrected chi connectivity index (χ1v) is 8.31. The number of rotatable bonds is 4. The molecule has 3 N–H and O–H groups in total. The first-order chi connectivity index (χ1) is 11.8. The van der Waals surface area contributed by atoms with Gasteiger partial charge in [0.1, 0.15) is 6.67 Å². The van der Waals surface area contributed by atoms with Crippen molar-refractivity contribution in [1.82, 2.24) is 20.3 Å². The number of para-hydroxylation sites is 1. The third kappa shape index (κ3) is 2.85. The molecule has 0 unspecified atom stereocenters. The topological polar surface area (TPSA) is 65.6 Å². The maximum absolute atomic E-state index is 13.4. The number of benzene rings is 1.